The lowest BCUT2D eigenvalue weighted by Gasteiger charge is -2.17. The van der Waals surface area contributed by atoms with Gasteiger partial charge in [-0.2, -0.15) is 0 Å². The van der Waals surface area contributed by atoms with Gasteiger partial charge in [0.25, 0.3) is 0 Å². The van der Waals surface area contributed by atoms with E-state index in [-0.39, 0.29) is 5.92 Å². The largest absolute Gasteiger partial charge is 0.481 e. The first-order valence-electron chi connectivity index (χ1n) is 4.00. The van der Waals surface area contributed by atoms with Crippen molar-refractivity contribution in [2.45, 2.75) is 25.3 Å². The maximum atomic E-state index is 10.6. The molecule has 0 heterocycles. The number of aliphatic carboxylic acids is 1. The number of carboxylic acids is 1. The molecule has 3 nitrogen and oxygen atoms in total. The second kappa shape index (κ2) is 3.22. The fourth-order valence-corrected chi connectivity index (χ4v) is 1.65. The molecular formula is C8H15NO2. The second-order valence-electron chi connectivity index (χ2n) is 3.47. The Morgan fingerprint density at radius 1 is 1.45 bits per heavy atom. The van der Waals surface area contributed by atoms with Crippen LogP contribution in [0.1, 0.15) is 19.3 Å². The predicted molar refractivity (Wildman–Crippen MR) is 42.5 cm³/mol. The summed E-state index contributed by atoms with van der Waals surface area (Å²) < 4.78 is 0. The van der Waals surface area contributed by atoms with Crippen LogP contribution in [0.25, 0.3) is 0 Å². The zero-order valence-corrected chi connectivity index (χ0v) is 7.08. The zero-order chi connectivity index (χ0) is 8.43. The quantitative estimate of drug-likeness (QED) is 0.644. The Bertz CT molecular complexity index is 156. The third-order valence-corrected chi connectivity index (χ3v) is 2.48. The zero-order valence-electron chi connectivity index (χ0n) is 7.08. The first-order valence-corrected chi connectivity index (χ1v) is 4.00. The molecule has 0 aromatic heterocycles. The van der Waals surface area contributed by atoms with E-state index in [1.54, 1.807) is 0 Å². The predicted octanol–water partition coefficient (Wildman–Crippen LogP) is 0.801. The van der Waals surface area contributed by atoms with Gasteiger partial charge in [-0.1, -0.05) is 0 Å². The molecule has 11 heavy (non-hydrogen) atoms. The smallest absolute Gasteiger partial charge is 0.306 e. The third kappa shape index (κ3) is 1.93. The van der Waals surface area contributed by atoms with Crippen LogP contribution in [0.2, 0.25) is 0 Å². The number of nitrogens with zero attached hydrogens (tertiary/aromatic N) is 1. The van der Waals surface area contributed by atoms with Gasteiger partial charge >= 0.3 is 5.97 Å². The van der Waals surface area contributed by atoms with Crippen LogP contribution in [0.3, 0.4) is 0 Å². The fourth-order valence-electron chi connectivity index (χ4n) is 1.65. The average Bonchev–Trinajstić information content (AvgIpc) is 2.33. The highest BCUT2D eigenvalue weighted by Gasteiger charge is 2.30. The maximum Gasteiger partial charge on any atom is 0.306 e. The molecule has 1 saturated carbocycles. The van der Waals surface area contributed by atoms with Crippen molar-refractivity contribution in [2.75, 3.05) is 14.1 Å². The summed E-state index contributed by atoms with van der Waals surface area (Å²) in [5, 5.41) is 8.69. The molecule has 0 amide bonds. The number of rotatable bonds is 2. The lowest BCUT2D eigenvalue weighted by atomic mass is 10.1. The number of hydrogen-bond acceptors (Lipinski definition) is 2. The molecule has 1 aliphatic carbocycles. The van der Waals surface area contributed by atoms with Crippen molar-refractivity contribution in [3.8, 4) is 0 Å². The Labute approximate surface area is 67.0 Å². The molecule has 1 rings (SSSR count). The summed E-state index contributed by atoms with van der Waals surface area (Å²) in [5.74, 6) is -0.725. The van der Waals surface area contributed by atoms with Crippen LogP contribution in [-0.2, 0) is 4.79 Å². The van der Waals surface area contributed by atoms with Gasteiger partial charge in [0.15, 0.2) is 0 Å². The van der Waals surface area contributed by atoms with Crippen LogP contribution in [0.15, 0.2) is 0 Å². The second-order valence-corrected chi connectivity index (χ2v) is 3.47. The van der Waals surface area contributed by atoms with Crippen LogP contribution in [0, 0.1) is 5.92 Å². The van der Waals surface area contributed by atoms with E-state index < -0.39 is 5.97 Å². The Morgan fingerprint density at radius 3 is 2.36 bits per heavy atom. The maximum absolute atomic E-state index is 10.6. The molecule has 0 aromatic carbocycles. The van der Waals surface area contributed by atoms with Gasteiger partial charge < -0.3 is 10.0 Å². The molecule has 0 bridgehead atoms. The van der Waals surface area contributed by atoms with E-state index in [1.165, 1.54) is 0 Å². The molecule has 0 saturated heterocycles. The van der Waals surface area contributed by atoms with Gasteiger partial charge in [0.05, 0.1) is 5.92 Å². The van der Waals surface area contributed by atoms with Crippen molar-refractivity contribution >= 4 is 5.97 Å². The molecule has 1 aliphatic rings. The van der Waals surface area contributed by atoms with E-state index in [9.17, 15) is 4.79 Å². The summed E-state index contributed by atoms with van der Waals surface area (Å²) >= 11 is 0. The van der Waals surface area contributed by atoms with E-state index >= 15 is 0 Å². The normalized spacial score (nSPS) is 31.2. The highest BCUT2D eigenvalue weighted by atomic mass is 16.4. The standard InChI is InChI=1S/C8H15NO2/c1-9(2)7-4-3-6(5-7)8(10)11/h6-7H,3-5H2,1-2H3,(H,10,11). The van der Waals surface area contributed by atoms with Crippen LogP contribution >= 0.6 is 0 Å². The highest BCUT2D eigenvalue weighted by Crippen LogP contribution is 2.27. The summed E-state index contributed by atoms with van der Waals surface area (Å²) in [4.78, 5) is 12.7. The van der Waals surface area contributed by atoms with E-state index in [4.69, 9.17) is 5.11 Å². The lowest BCUT2D eigenvalue weighted by molar-refractivity contribution is -0.141. The van der Waals surface area contributed by atoms with Crippen molar-refractivity contribution < 1.29 is 9.90 Å². The van der Waals surface area contributed by atoms with Gasteiger partial charge in [-0.3, -0.25) is 4.79 Å². The topological polar surface area (TPSA) is 40.5 Å². The van der Waals surface area contributed by atoms with Gasteiger partial charge in [0.1, 0.15) is 0 Å². The molecule has 64 valence electrons. The molecule has 0 spiro atoms. The average molecular weight is 157 g/mol. The van der Waals surface area contributed by atoms with Gasteiger partial charge in [0.2, 0.25) is 0 Å². The first kappa shape index (κ1) is 8.53. The Kier molecular flexibility index (Phi) is 2.49. The Balaban J connectivity index is 2.41. The molecule has 2 atom stereocenters. The Hall–Kier alpha value is -0.570. The van der Waals surface area contributed by atoms with E-state index in [2.05, 4.69) is 4.90 Å². The molecular weight excluding hydrogens is 142 g/mol. The van der Waals surface area contributed by atoms with Crippen LogP contribution in [0.5, 0.6) is 0 Å². The van der Waals surface area contributed by atoms with Crippen LogP contribution in [0.4, 0.5) is 0 Å². The van der Waals surface area contributed by atoms with E-state index in [1.807, 2.05) is 14.1 Å². The summed E-state index contributed by atoms with van der Waals surface area (Å²) in [7, 11) is 4.02. The van der Waals surface area contributed by atoms with Crippen molar-refractivity contribution in [2.24, 2.45) is 5.92 Å². The Morgan fingerprint density at radius 2 is 2.09 bits per heavy atom. The first-order chi connectivity index (χ1) is 5.11. The van der Waals surface area contributed by atoms with Crippen molar-refractivity contribution in [3.63, 3.8) is 0 Å². The van der Waals surface area contributed by atoms with E-state index in [0.717, 1.165) is 19.3 Å². The van der Waals surface area contributed by atoms with Crippen LogP contribution in [-0.4, -0.2) is 36.1 Å². The molecule has 3 heteroatoms. The van der Waals surface area contributed by atoms with Crippen molar-refractivity contribution in [3.05, 3.63) is 0 Å². The van der Waals surface area contributed by atoms with Gasteiger partial charge in [-0.05, 0) is 33.4 Å². The fraction of sp³-hybridized carbons (Fsp3) is 0.875. The van der Waals surface area contributed by atoms with Crippen molar-refractivity contribution in [1.29, 1.82) is 0 Å². The number of carboxylic acid groups (broad SMARTS) is 1. The van der Waals surface area contributed by atoms with Crippen LogP contribution < -0.4 is 0 Å². The highest BCUT2D eigenvalue weighted by molar-refractivity contribution is 5.70. The molecule has 0 aromatic rings. The minimum atomic E-state index is -0.630. The summed E-state index contributed by atoms with van der Waals surface area (Å²) in [6.07, 6.45) is 2.70. The molecule has 1 N–H and O–H groups in total. The van der Waals surface area contributed by atoms with Crippen molar-refractivity contribution in [1.82, 2.24) is 4.90 Å². The van der Waals surface area contributed by atoms with Gasteiger partial charge in [0, 0.05) is 6.04 Å². The summed E-state index contributed by atoms with van der Waals surface area (Å²) in [5.41, 5.74) is 0. The molecule has 1 fully saturated rings. The lowest BCUT2D eigenvalue weighted by Crippen LogP contribution is -2.25. The SMILES string of the molecule is CN(C)C1CCC(C(=O)O)C1. The van der Waals surface area contributed by atoms with Gasteiger partial charge in [-0.25, -0.2) is 0 Å². The molecule has 0 aliphatic heterocycles. The number of hydrogen-bond donors (Lipinski definition) is 1. The minimum Gasteiger partial charge on any atom is -0.481 e. The summed E-state index contributed by atoms with van der Waals surface area (Å²) in [6, 6.07) is 0.482. The minimum absolute atomic E-state index is 0.0950. The molecule has 0 radical (unpaired) electrons. The summed E-state index contributed by atoms with van der Waals surface area (Å²) in [6.45, 7) is 0. The van der Waals surface area contributed by atoms with E-state index in [0.29, 0.717) is 6.04 Å². The molecule has 2 unspecified atom stereocenters. The van der Waals surface area contributed by atoms with Gasteiger partial charge in [-0.15, -0.1) is 0 Å². The third-order valence-electron chi connectivity index (χ3n) is 2.48. The monoisotopic (exact) mass is 157 g/mol. The number of carbonyl (C=O) groups is 1.